The summed E-state index contributed by atoms with van der Waals surface area (Å²) in [7, 11) is 0. The molecule has 1 aromatic heterocycles. The molecule has 5 nitrogen and oxygen atoms in total. The molecule has 0 saturated heterocycles. The second-order valence-corrected chi connectivity index (χ2v) is 4.80. The Hall–Kier alpha value is -2.84. The van der Waals surface area contributed by atoms with Crippen molar-refractivity contribution in [3.05, 3.63) is 47.2 Å². The first-order valence-electron chi connectivity index (χ1n) is 6.04. The quantitative estimate of drug-likeness (QED) is 0.719. The minimum absolute atomic E-state index is 0.000586. The number of nitrogens with zero attached hydrogens (tertiary/aromatic N) is 3. The summed E-state index contributed by atoms with van der Waals surface area (Å²) in [6.07, 6.45) is 1.32. The molecule has 0 amide bonds. The van der Waals surface area contributed by atoms with Crippen LogP contribution >= 0.6 is 11.6 Å². The number of halogens is 1. The van der Waals surface area contributed by atoms with Crippen molar-refractivity contribution in [2.75, 3.05) is 5.73 Å². The van der Waals surface area contributed by atoms with E-state index in [1.807, 2.05) is 0 Å². The van der Waals surface area contributed by atoms with Crippen LogP contribution in [0.3, 0.4) is 0 Å². The van der Waals surface area contributed by atoms with Crippen LogP contribution in [-0.4, -0.2) is 15.1 Å². The summed E-state index contributed by atoms with van der Waals surface area (Å²) in [5.74, 6) is 0.307. The summed E-state index contributed by atoms with van der Waals surface area (Å²) in [5.41, 5.74) is 7.50. The molecular weight excluding hydrogens is 288 g/mol. The molecular formula is C15H9ClN4O. The van der Waals surface area contributed by atoms with Gasteiger partial charge in [0.15, 0.2) is 0 Å². The van der Waals surface area contributed by atoms with Crippen LogP contribution in [0.15, 0.2) is 36.7 Å². The third-order valence-electron chi connectivity index (χ3n) is 3.21. The van der Waals surface area contributed by atoms with E-state index in [0.717, 1.165) is 0 Å². The number of nitrogens with two attached hydrogens (primary N) is 1. The van der Waals surface area contributed by atoms with E-state index in [1.165, 1.54) is 12.4 Å². The molecule has 0 aliphatic heterocycles. The van der Waals surface area contributed by atoms with E-state index in [9.17, 15) is 10.4 Å². The van der Waals surface area contributed by atoms with Gasteiger partial charge in [-0.3, -0.25) is 0 Å². The summed E-state index contributed by atoms with van der Waals surface area (Å²) >= 11 is 6.05. The fourth-order valence-corrected chi connectivity index (χ4v) is 2.47. The van der Waals surface area contributed by atoms with Gasteiger partial charge in [0, 0.05) is 10.9 Å². The zero-order valence-corrected chi connectivity index (χ0v) is 11.5. The number of fused-ring (bicyclic) bond motifs is 1. The monoisotopic (exact) mass is 296 g/mol. The van der Waals surface area contributed by atoms with E-state index in [0.29, 0.717) is 32.9 Å². The average Bonchev–Trinajstić information content (AvgIpc) is 2.47. The summed E-state index contributed by atoms with van der Waals surface area (Å²) in [4.78, 5) is 8.11. The van der Waals surface area contributed by atoms with Gasteiger partial charge in [0.2, 0.25) is 0 Å². The Bertz CT molecular complexity index is 902. The van der Waals surface area contributed by atoms with Crippen LogP contribution in [0.25, 0.3) is 22.0 Å². The molecule has 3 aromatic rings. The van der Waals surface area contributed by atoms with E-state index >= 15 is 0 Å². The molecule has 0 fully saturated rings. The number of phenols is 1. The first-order chi connectivity index (χ1) is 10.1. The van der Waals surface area contributed by atoms with Crippen LogP contribution in [-0.2, 0) is 0 Å². The van der Waals surface area contributed by atoms with Crippen molar-refractivity contribution < 1.29 is 5.11 Å². The van der Waals surface area contributed by atoms with Crippen molar-refractivity contribution in [2.24, 2.45) is 0 Å². The lowest BCUT2D eigenvalue weighted by Crippen LogP contribution is -1.96. The van der Waals surface area contributed by atoms with Gasteiger partial charge in [-0.2, -0.15) is 5.26 Å². The Morgan fingerprint density at radius 3 is 2.76 bits per heavy atom. The van der Waals surface area contributed by atoms with Crippen molar-refractivity contribution in [2.45, 2.75) is 0 Å². The smallest absolute Gasteiger partial charge is 0.134 e. The average molecular weight is 297 g/mol. The lowest BCUT2D eigenvalue weighted by Gasteiger charge is -2.11. The number of anilines is 1. The molecule has 0 aliphatic rings. The van der Waals surface area contributed by atoms with Gasteiger partial charge in [-0.15, -0.1) is 0 Å². The number of benzene rings is 2. The fourth-order valence-electron chi connectivity index (χ4n) is 2.25. The molecule has 21 heavy (non-hydrogen) atoms. The summed E-state index contributed by atoms with van der Waals surface area (Å²) in [6.45, 7) is 0. The highest BCUT2D eigenvalue weighted by molar-refractivity contribution is 6.32. The number of nitrogen functional groups attached to an aromatic ring is 1. The van der Waals surface area contributed by atoms with Gasteiger partial charge in [0.05, 0.1) is 21.7 Å². The van der Waals surface area contributed by atoms with Crippen LogP contribution in [0.2, 0.25) is 5.02 Å². The lowest BCUT2D eigenvalue weighted by atomic mass is 9.97. The number of phenolic OH excluding ortho intramolecular Hbond substituents is 1. The number of aromatic hydroxyl groups is 1. The standard InChI is InChI=1S/C15H9ClN4O/c16-11-3-1-2-8(10(11)6-17)13-12(21)5-4-9-14(13)19-7-20-15(9)18/h1-5,7,21H,(H2,18,19,20). The molecule has 102 valence electrons. The zero-order chi connectivity index (χ0) is 15.0. The fraction of sp³-hybridized carbons (Fsp3) is 0. The molecule has 0 spiro atoms. The van der Waals surface area contributed by atoms with E-state index in [1.54, 1.807) is 24.3 Å². The predicted octanol–water partition coefficient (Wildman–Crippen LogP) is 3.11. The maximum Gasteiger partial charge on any atom is 0.134 e. The van der Waals surface area contributed by atoms with Crippen molar-refractivity contribution in [1.29, 1.82) is 5.26 Å². The number of hydrogen-bond donors (Lipinski definition) is 2. The molecule has 6 heteroatoms. The van der Waals surface area contributed by atoms with Gasteiger partial charge < -0.3 is 10.8 Å². The number of rotatable bonds is 1. The molecule has 0 bridgehead atoms. The minimum atomic E-state index is -0.000586. The SMILES string of the molecule is N#Cc1c(Cl)cccc1-c1c(O)ccc2c(N)ncnc12. The molecule has 0 atom stereocenters. The largest absolute Gasteiger partial charge is 0.507 e. The first-order valence-corrected chi connectivity index (χ1v) is 6.42. The minimum Gasteiger partial charge on any atom is -0.507 e. The Labute approximate surface area is 125 Å². The zero-order valence-electron chi connectivity index (χ0n) is 10.7. The summed E-state index contributed by atoms with van der Waals surface area (Å²) < 4.78 is 0. The second kappa shape index (κ2) is 4.93. The highest BCUT2D eigenvalue weighted by Gasteiger charge is 2.17. The summed E-state index contributed by atoms with van der Waals surface area (Å²) in [6, 6.07) is 10.2. The summed E-state index contributed by atoms with van der Waals surface area (Å²) in [5, 5.41) is 20.4. The molecule has 0 radical (unpaired) electrons. The molecule has 3 N–H and O–H groups in total. The van der Waals surface area contributed by atoms with E-state index < -0.39 is 0 Å². The maximum atomic E-state index is 10.2. The molecule has 3 rings (SSSR count). The lowest BCUT2D eigenvalue weighted by molar-refractivity contribution is 0.478. The van der Waals surface area contributed by atoms with E-state index in [-0.39, 0.29) is 11.3 Å². The van der Waals surface area contributed by atoms with Gasteiger partial charge in [-0.1, -0.05) is 23.7 Å². The van der Waals surface area contributed by atoms with Crippen molar-refractivity contribution >= 4 is 28.3 Å². The first kappa shape index (κ1) is 13.2. The van der Waals surface area contributed by atoms with Crippen molar-refractivity contribution in [3.63, 3.8) is 0 Å². The molecule has 1 heterocycles. The van der Waals surface area contributed by atoms with Gasteiger partial charge in [-0.05, 0) is 18.2 Å². The Morgan fingerprint density at radius 2 is 2.00 bits per heavy atom. The van der Waals surface area contributed by atoms with Crippen LogP contribution in [0.1, 0.15) is 5.56 Å². The Morgan fingerprint density at radius 1 is 1.19 bits per heavy atom. The van der Waals surface area contributed by atoms with Crippen LogP contribution in [0.5, 0.6) is 5.75 Å². The number of nitriles is 1. The van der Waals surface area contributed by atoms with Gasteiger partial charge >= 0.3 is 0 Å². The Balaban J connectivity index is 2.47. The van der Waals surface area contributed by atoms with Gasteiger partial charge in [-0.25, -0.2) is 9.97 Å². The molecule has 2 aromatic carbocycles. The van der Waals surface area contributed by atoms with Gasteiger partial charge in [0.1, 0.15) is 24.0 Å². The number of hydrogen-bond acceptors (Lipinski definition) is 5. The number of aromatic nitrogens is 2. The second-order valence-electron chi connectivity index (χ2n) is 4.39. The van der Waals surface area contributed by atoms with E-state index in [4.69, 9.17) is 17.3 Å². The van der Waals surface area contributed by atoms with Gasteiger partial charge in [0.25, 0.3) is 0 Å². The van der Waals surface area contributed by atoms with Crippen LogP contribution in [0.4, 0.5) is 5.82 Å². The topological polar surface area (TPSA) is 95.8 Å². The Kier molecular flexibility index (Phi) is 3.09. The normalized spacial score (nSPS) is 10.5. The highest BCUT2D eigenvalue weighted by Crippen LogP contribution is 2.39. The highest BCUT2D eigenvalue weighted by atomic mass is 35.5. The molecule has 0 unspecified atom stereocenters. The van der Waals surface area contributed by atoms with Crippen LogP contribution in [0, 0.1) is 11.3 Å². The van der Waals surface area contributed by atoms with Crippen molar-refractivity contribution in [1.82, 2.24) is 9.97 Å². The third-order valence-corrected chi connectivity index (χ3v) is 3.53. The molecule has 0 saturated carbocycles. The van der Waals surface area contributed by atoms with E-state index in [2.05, 4.69) is 16.0 Å². The predicted molar refractivity (Wildman–Crippen MR) is 80.8 cm³/mol. The third kappa shape index (κ3) is 2.02. The molecule has 0 aliphatic carbocycles. The maximum absolute atomic E-state index is 10.2. The van der Waals surface area contributed by atoms with Crippen LogP contribution < -0.4 is 5.73 Å². The van der Waals surface area contributed by atoms with Crippen molar-refractivity contribution in [3.8, 4) is 22.9 Å².